The summed E-state index contributed by atoms with van der Waals surface area (Å²) in [6, 6.07) is 14.5. The SMILES string of the molecule is C=CCn1c(=NC(=O)CCCS(=O)(=O)Cc2ccccc2)sc2cc(Cl)ccc21. The third-order valence-corrected chi connectivity index (χ3v) is 7.21. The molecule has 152 valence electrons. The van der Waals surface area contributed by atoms with E-state index in [2.05, 4.69) is 11.6 Å². The van der Waals surface area contributed by atoms with E-state index in [9.17, 15) is 13.2 Å². The Morgan fingerprint density at radius 2 is 1.97 bits per heavy atom. The van der Waals surface area contributed by atoms with Crippen molar-refractivity contribution in [1.29, 1.82) is 0 Å². The second kappa shape index (κ2) is 9.52. The topological polar surface area (TPSA) is 68.5 Å². The van der Waals surface area contributed by atoms with Crippen molar-refractivity contribution in [1.82, 2.24) is 4.57 Å². The predicted octanol–water partition coefficient (Wildman–Crippen LogP) is 4.36. The van der Waals surface area contributed by atoms with Crippen LogP contribution in [-0.4, -0.2) is 24.6 Å². The Bertz CT molecular complexity index is 1200. The lowest BCUT2D eigenvalue weighted by Gasteiger charge is -2.04. The molecule has 0 saturated heterocycles. The summed E-state index contributed by atoms with van der Waals surface area (Å²) in [5.74, 6) is -0.400. The number of nitrogens with zero attached hydrogens (tertiary/aromatic N) is 2. The number of hydrogen-bond donors (Lipinski definition) is 0. The molecule has 1 aromatic heterocycles. The van der Waals surface area contributed by atoms with Gasteiger partial charge in [0.25, 0.3) is 0 Å². The van der Waals surface area contributed by atoms with Gasteiger partial charge < -0.3 is 4.57 Å². The number of halogens is 1. The smallest absolute Gasteiger partial charge is 0.248 e. The highest BCUT2D eigenvalue weighted by Gasteiger charge is 2.13. The Morgan fingerprint density at radius 1 is 1.21 bits per heavy atom. The van der Waals surface area contributed by atoms with Crippen molar-refractivity contribution >= 4 is 48.9 Å². The largest absolute Gasteiger partial charge is 0.313 e. The van der Waals surface area contributed by atoms with Crippen LogP contribution < -0.4 is 4.80 Å². The van der Waals surface area contributed by atoms with E-state index < -0.39 is 9.84 Å². The zero-order valence-electron chi connectivity index (χ0n) is 15.8. The standard InChI is InChI=1S/C21H21ClN2O3S2/c1-2-12-24-18-11-10-17(22)14-19(18)28-21(24)23-20(25)9-6-13-29(26,27)15-16-7-4-3-5-8-16/h2-5,7-8,10-11,14H,1,6,9,12-13,15H2. The summed E-state index contributed by atoms with van der Waals surface area (Å²) >= 11 is 7.43. The van der Waals surface area contributed by atoms with E-state index in [0.29, 0.717) is 16.4 Å². The number of amides is 1. The lowest BCUT2D eigenvalue weighted by molar-refractivity contribution is -0.118. The van der Waals surface area contributed by atoms with Crippen LogP contribution in [0.25, 0.3) is 10.2 Å². The molecule has 0 N–H and O–H groups in total. The Morgan fingerprint density at radius 3 is 2.69 bits per heavy atom. The molecular formula is C21H21ClN2O3S2. The van der Waals surface area contributed by atoms with Gasteiger partial charge in [0.2, 0.25) is 5.91 Å². The highest BCUT2D eigenvalue weighted by molar-refractivity contribution is 7.90. The lowest BCUT2D eigenvalue weighted by atomic mass is 10.2. The van der Waals surface area contributed by atoms with Crippen molar-refractivity contribution in [3.8, 4) is 0 Å². The number of rotatable bonds is 8. The predicted molar refractivity (Wildman–Crippen MR) is 119 cm³/mol. The van der Waals surface area contributed by atoms with E-state index in [1.54, 1.807) is 24.3 Å². The van der Waals surface area contributed by atoms with E-state index in [1.807, 2.05) is 34.9 Å². The molecule has 1 heterocycles. The molecular weight excluding hydrogens is 428 g/mol. The molecule has 0 fully saturated rings. The second-order valence-electron chi connectivity index (χ2n) is 6.58. The van der Waals surface area contributed by atoms with Gasteiger partial charge >= 0.3 is 0 Å². The van der Waals surface area contributed by atoms with Crippen molar-refractivity contribution < 1.29 is 13.2 Å². The summed E-state index contributed by atoms with van der Waals surface area (Å²) in [6.45, 7) is 4.27. The van der Waals surface area contributed by atoms with E-state index in [1.165, 1.54) is 11.3 Å². The molecule has 3 aromatic rings. The first-order chi connectivity index (χ1) is 13.9. The van der Waals surface area contributed by atoms with Gasteiger partial charge in [-0.3, -0.25) is 4.79 Å². The van der Waals surface area contributed by atoms with Crippen LogP contribution in [0.3, 0.4) is 0 Å². The number of thiazole rings is 1. The van der Waals surface area contributed by atoms with E-state index in [4.69, 9.17) is 11.6 Å². The fraction of sp³-hybridized carbons (Fsp3) is 0.238. The second-order valence-corrected chi connectivity index (χ2v) is 10.2. The summed E-state index contributed by atoms with van der Waals surface area (Å²) in [5, 5.41) is 0.617. The van der Waals surface area contributed by atoms with Crippen molar-refractivity contribution in [2.45, 2.75) is 25.1 Å². The minimum absolute atomic E-state index is 0.0183. The highest BCUT2D eigenvalue weighted by Crippen LogP contribution is 2.22. The van der Waals surface area contributed by atoms with Gasteiger partial charge in [-0.25, -0.2) is 8.42 Å². The Hall–Kier alpha value is -2.22. The van der Waals surface area contributed by atoms with E-state index in [-0.39, 0.29) is 30.3 Å². The van der Waals surface area contributed by atoms with Crippen molar-refractivity contribution in [3.63, 3.8) is 0 Å². The lowest BCUT2D eigenvalue weighted by Crippen LogP contribution is -2.16. The van der Waals surface area contributed by atoms with Crippen molar-refractivity contribution in [2.24, 2.45) is 4.99 Å². The number of benzene rings is 2. The third kappa shape index (κ3) is 5.88. The molecule has 2 aromatic carbocycles. The average molecular weight is 449 g/mol. The highest BCUT2D eigenvalue weighted by atomic mass is 35.5. The Labute approximate surface area is 178 Å². The molecule has 0 bridgehead atoms. The molecule has 5 nitrogen and oxygen atoms in total. The number of fused-ring (bicyclic) bond motifs is 1. The summed E-state index contributed by atoms with van der Waals surface area (Å²) in [5.41, 5.74) is 1.68. The molecule has 0 aliphatic heterocycles. The van der Waals surface area contributed by atoms with Crippen LogP contribution >= 0.6 is 22.9 Å². The van der Waals surface area contributed by atoms with Crippen LogP contribution in [0, 0.1) is 0 Å². The molecule has 0 atom stereocenters. The zero-order valence-corrected chi connectivity index (χ0v) is 18.1. The molecule has 0 unspecified atom stereocenters. The van der Waals surface area contributed by atoms with Crippen LogP contribution in [0.1, 0.15) is 18.4 Å². The Kier molecular flexibility index (Phi) is 7.05. The molecule has 29 heavy (non-hydrogen) atoms. The minimum atomic E-state index is -3.27. The molecule has 0 saturated carbocycles. The molecule has 1 amide bonds. The van der Waals surface area contributed by atoms with Gasteiger partial charge in [-0.1, -0.05) is 59.3 Å². The van der Waals surface area contributed by atoms with Crippen LogP contribution in [0.5, 0.6) is 0 Å². The summed E-state index contributed by atoms with van der Waals surface area (Å²) in [6.07, 6.45) is 2.06. The van der Waals surface area contributed by atoms with Gasteiger partial charge in [-0.15, -0.1) is 6.58 Å². The van der Waals surface area contributed by atoms with Crippen molar-refractivity contribution in [2.75, 3.05) is 5.75 Å². The average Bonchev–Trinajstić information content (AvgIpc) is 2.98. The number of allylic oxidation sites excluding steroid dienone is 1. The molecule has 0 aliphatic carbocycles. The molecule has 8 heteroatoms. The molecule has 3 rings (SSSR count). The first kappa shape index (κ1) is 21.5. The van der Waals surface area contributed by atoms with Crippen LogP contribution in [-0.2, 0) is 26.9 Å². The number of carbonyl (C=O) groups excluding carboxylic acids is 1. The first-order valence-corrected chi connectivity index (χ1v) is 12.1. The fourth-order valence-corrected chi connectivity index (χ4v) is 5.71. The van der Waals surface area contributed by atoms with E-state index >= 15 is 0 Å². The van der Waals surface area contributed by atoms with Crippen LogP contribution in [0.2, 0.25) is 5.02 Å². The summed E-state index contributed by atoms with van der Waals surface area (Å²) in [7, 11) is -3.27. The number of aromatic nitrogens is 1. The summed E-state index contributed by atoms with van der Waals surface area (Å²) in [4.78, 5) is 17.1. The monoisotopic (exact) mass is 448 g/mol. The van der Waals surface area contributed by atoms with Crippen molar-refractivity contribution in [3.05, 3.63) is 76.6 Å². The van der Waals surface area contributed by atoms with E-state index in [0.717, 1.165) is 15.8 Å². The number of carbonyl (C=O) groups is 1. The van der Waals surface area contributed by atoms with Gasteiger partial charge in [0.1, 0.15) is 0 Å². The molecule has 0 spiro atoms. The summed E-state index contributed by atoms with van der Waals surface area (Å²) < 4.78 is 27.3. The normalized spacial score (nSPS) is 12.4. The van der Waals surface area contributed by atoms with Gasteiger partial charge in [0.05, 0.1) is 21.7 Å². The van der Waals surface area contributed by atoms with Gasteiger partial charge in [0.15, 0.2) is 14.6 Å². The Balaban J connectivity index is 1.69. The number of sulfone groups is 1. The quantitative estimate of drug-likeness (QED) is 0.480. The first-order valence-electron chi connectivity index (χ1n) is 9.10. The maximum absolute atomic E-state index is 12.3. The minimum Gasteiger partial charge on any atom is -0.313 e. The maximum atomic E-state index is 12.3. The van der Waals surface area contributed by atoms with Gasteiger partial charge in [-0.05, 0) is 30.2 Å². The zero-order chi connectivity index (χ0) is 20.9. The third-order valence-electron chi connectivity index (χ3n) is 4.25. The number of hydrogen-bond acceptors (Lipinski definition) is 4. The molecule has 0 aliphatic rings. The maximum Gasteiger partial charge on any atom is 0.248 e. The van der Waals surface area contributed by atoms with Crippen LogP contribution in [0.15, 0.2) is 66.2 Å². The fourth-order valence-electron chi connectivity index (χ4n) is 2.94. The van der Waals surface area contributed by atoms with Crippen LogP contribution in [0.4, 0.5) is 0 Å². The van der Waals surface area contributed by atoms with Gasteiger partial charge in [-0.2, -0.15) is 4.99 Å². The van der Waals surface area contributed by atoms with Gasteiger partial charge in [0, 0.05) is 18.0 Å². The molecule has 0 radical (unpaired) electrons.